The van der Waals surface area contributed by atoms with Crippen LogP contribution in [-0.4, -0.2) is 31.7 Å². The summed E-state index contributed by atoms with van der Waals surface area (Å²) in [5.41, 5.74) is 8.11. The van der Waals surface area contributed by atoms with Gasteiger partial charge < -0.3 is 16.0 Å². The summed E-state index contributed by atoms with van der Waals surface area (Å²) in [6.45, 7) is -0.784. The summed E-state index contributed by atoms with van der Waals surface area (Å²) in [4.78, 5) is 13.2. The van der Waals surface area contributed by atoms with Gasteiger partial charge in [0.05, 0.1) is 6.54 Å². The zero-order valence-corrected chi connectivity index (χ0v) is 10.1. The van der Waals surface area contributed by atoms with Crippen LogP contribution in [0.25, 0.3) is 0 Å². The molecule has 104 valence electrons. The Kier molecular flexibility index (Phi) is 3.55. The normalized spacial score (nSPS) is 14.4. The summed E-state index contributed by atoms with van der Waals surface area (Å²) in [6.07, 6.45) is -3.62. The Balaban J connectivity index is 1.95. The van der Waals surface area contributed by atoms with E-state index in [1.54, 1.807) is 17.0 Å². The number of carbonyl (C=O) groups is 1. The van der Waals surface area contributed by atoms with E-state index in [9.17, 15) is 18.0 Å². The average Bonchev–Trinajstić information content (AvgIpc) is 2.68. The number of anilines is 2. The Morgan fingerprint density at radius 1 is 1.42 bits per heavy atom. The van der Waals surface area contributed by atoms with Crippen LogP contribution in [0.4, 0.5) is 24.5 Å². The van der Waals surface area contributed by atoms with Gasteiger partial charge in [0.1, 0.15) is 6.54 Å². The molecule has 1 amide bonds. The van der Waals surface area contributed by atoms with Gasteiger partial charge in [-0.3, -0.25) is 4.79 Å². The number of nitrogens with one attached hydrogen (secondary N) is 1. The second kappa shape index (κ2) is 4.99. The molecule has 0 radical (unpaired) electrons. The van der Waals surface area contributed by atoms with Crippen molar-refractivity contribution in [2.75, 3.05) is 30.3 Å². The van der Waals surface area contributed by atoms with Gasteiger partial charge in [-0.2, -0.15) is 13.2 Å². The number of hydrogen-bond acceptors (Lipinski definition) is 3. The van der Waals surface area contributed by atoms with Gasteiger partial charge in [-0.25, -0.2) is 0 Å². The molecule has 7 heteroatoms. The SMILES string of the molecule is Nc1ccc2c(c1)N(CC(=O)NCC(F)(F)F)CC2. The van der Waals surface area contributed by atoms with E-state index in [1.165, 1.54) is 0 Å². The smallest absolute Gasteiger partial charge is 0.399 e. The molecular formula is C12H14F3N3O. The minimum atomic E-state index is -4.39. The van der Waals surface area contributed by atoms with E-state index in [1.807, 2.05) is 11.4 Å². The van der Waals surface area contributed by atoms with Crippen LogP contribution in [-0.2, 0) is 11.2 Å². The Morgan fingerprint density at radius 2 is 2.16 bits per heavy atom. The highest BCUT2D eigenvalue weighted by Crippen LogP contribution is 2.29. The number of hydrogen-bond donors (Lipinski definition) is 2. The molecule has 4 nitrogen and oxygen atoms in total. The molecule has 1 aromatic carbocycles. The molecule has 0 atom stereocenters. The first-order valence-electron chi connectivity index (χ1n) is 5.82. The molecule has 0 saturated carbocycles. The highest BCUT2D eigenvalue weighted by Gasteiger charge is 2.28. The Hall–Kier alpha value is -1.92. The molecule has 1 aliphatic heterocycles. The number of fused-ring (bicyclic) bond motifs is 1. The molecule has 3 N–H and O–H groups in total. The zero-order valence-electron chi connectivity index (χ0n) is 10.1. The molecule has 0 spiro atoms. The summed E-state index contributed by atoms with van der Waals surface area (Å²) in [6, 6.07) is 5.38. The molecule has 0 aliphatic carbocycles. The van der Waals surface area contributed by atoms with E-state index in [-0.39, 0.29) is 6.54 Å². The lowest BCUT2D eigenvalue weighted by Crippen LogP contribution is -2.40. The van der Waals surface area contributed by atoms with Crippen molar-refractivity contribution in [3.63, 3.8) is 0 Å². The third-order valence-corrected chi connectivity index (χ3v) is 2.92. The second-order valence-corrected chi connectivity index (χ2v) is 4.45. The number of rotatable bonds is 3. The molecule has 19 heavy (non-hydrogen) atoms. The maximum Gasteiger partial charge on any atom is 0.405 e. The molecule has 2 rings (SSSR count). The fourth-order valence-electron chi connectivity index (χ4n) is 2.05. The van der Waals surface area contributed by atoms with Gasteiger partial charge in [0.25, 0.3) is 0 Å². The van der Waals surface area contributed by atoms with E-state index in [2.05, 4.69) is 0 Å². The Morgan fingerprint density at radius 3 is 2.84 bits per heavy atom. The molecule has 0 fully saturated rings. The van der Waals surface area contributed by atoms with Crippen molar-refractivity contribution in [1.82, 2.24) is 5.32 Å². The van der Waals surface area contributed by atoms with Crippen molar-refractivity contribution in [2.24, 2.45) is 0 Å². The molecule has 0 aromatic heterocycles. The predicted molar refractivity (Wildman–Crippen MR) is 65.8 cm³/mol. The van der Waals surface area contributed by atoms with Crippen LogP contribution in [0.15, 0.2) is 18.2 Å². The van der Waals surface area contributed by atoms with Crippen molar-refractivity contribution in [2.45, 2.75) is 12.6 Å². The van der Waals surface area contributed by atoms with Gasteiger partial charge in [0.2, 0.25) is 5.91 Å². The standard InChI is InChI=1S/C12H14F3N3O/c13-12(14,15)7-17-11(19)6-18-4-3-8-1-2-9(16)5-10(8)18/h1-2,5H,3-4,6-7,16H2,(H,17,19). The first-order valence-corrected chi connectivity index (χ1v) is 5.82. The Labute approximate surface area is 108 Å². The van der Waals surface area contributed by atoms with E-state index in [4.69, 9.17) is 5.73 Å². The number of halogens is 3. The van der Waals surface area contributed by atoms with E-state index >= 15 is 0 Å². The fraction of sp³-hybridized carbons (Fsp3) is 0.417. The second-order valence-electron chi connectivity index (χ2n) is 4.45. The number of benzene rings is 1. The summed E-state index contributed by atoms with van der Waals surface area (Å²) in [5.74, 6) is -0.646. The van der Waals surface area contributed by atoms with Crippen molar-refractivity contribution < 1.29 is 18.0 Å². The van der Waals surface area contributed by atoms with Crippen LogP contribution in [0.3, 0.4) is 0 Å². The zero-order chi connectivity index (χ0) is 14.0. The number of amides is 1. The molecule has 0 bridgehead atoms. The van der Waals surface area contributed by atoms with E-state index in [0.717, 1.165) is 17.7 Å². The molecule has 1 aromatic rings. The van der Waals surface area contributed by atoms with Crippen LogP contribution in [0.2, 0.25) is 0 Å². The Bertz CT molecular complexity index is 488. The third kappa shape index (κ3) is 3.52. The monoisotopic (exact) mass is 273 g/mol. The summed E-state index contributed by atoms with van der Waals surface area (Å²) in [5, 5.41) is 1.86. The first-order chi connectivity index (χ1) is 8.85. The summed E-state index contributed by atoms with van der Waals surface area (Å²) >= 11 is 0. The topological polar surface area (TPSA) is 58.4 Å². The minimum absolute atomic E-state index is 0.0907. The fourth-order valence-corrected chi connectivity index (χ4v) is 2.05. The highest BCUT2D eigenvalue weighted by molar-refractivity contribution is 5.82. The number of nitrogens with zero attached hydrogens (tertiary/aromatic N) is 1. The van der Waals surface area contributed by atoms with E-state index in [0.29, 0.717) is 12.2 Å². The molecule has 0 saturated heterocycles. The van der Waals surface area contributed by atoms with Gasteiger partial charge >= 0.3 is 6.18 Å². The minimum Gasteiger partial charge on any atom is -0.399 e. The quantitative estimate of drug-likeness (QED) is 0.816. The number of alkyl halides is 3. The summed E-state index contributed by atoms with van der Waals surface area (Å²) < 4.78 is 35.9. The van der Waals surface area contributed by atoms with E-state index < -0.39 is 18.6 Å². The number of carbonyl (C=O) groups excluding carboxylic acids is 1. The van der Waals surface area contributed by atoms with Gasteiger partial charge in [-0.05, 0) is 24.1 Å². The lowest BCUT2D eigenvalue weighted by atomic mass is 10.1. The number of nitrogen functional groups attached to an aromatic ring is 1. The lowest BCUT2D eigenvalue weighted by molar-refractivity contribution is -0.137. The molecule has 1 heterocycles. The van der Waals surface area contributed by atoms with Crippen molar-refractivity contribution in [3.8, 4) is 0 Å². The first kappa shape index (κ1) is 13.5. The van der Waals surface area contributed by atoms with Gasteiger partial charge in [-0.15, -0.1) is 0 Å². The van der Waals surface area contributed by atoms with Gasteiger partial charge in [0, 0.05) is 17.9 Å². The predicted octanol–water partition coefficient (Wildman–Crippen LogP) is 1.31. The van der Waals surface area contributed by atoms with Crippen LogP contribution in [0, 0.1) is 0 Å². The van der Waals surface area contributed by atoms with Crippen molar-refractivity contribution in [1.29, 1.82) is 0 Å². The van der Waals surface area contributed by atoms with Gasteiger partial charge in [0.15, 0.2) is 0 Å². The molecule has 0 unspecified atom stereocenters. The average molecular weight is 273 g/mol. The maximum atomic E-state index is 12.0. The highest BCUT2D eigenvalue weighted by atomic mass is 19.4. The van der Waals surface area contributed by atoms with Crippen molar-refractivity contribution >= 4 is 17.3 Å². The largest absolute Gasteiger partial charge is 0.405 e. The van der Waals surface area contributed by atoms with Crippen LogP contribution >= 0.6 is 0 Å². The lowest BCUT2D eigenvalue weighted by Gasteiger charge is -2.19. The van der Waals surface area contributed by atoms with Crippen LogP contribution < -0.4 is 16.0 Å². The van der Waals surface area contributed by atoms with Gasteiger partial charge in [-0.1, -0.05) is 6.07 Å². The third-order valence-electron chi connectivity index (χ3n) is 2.92. The van der Waals surface area contributed by atoms with Crippen LogP contribution in [0.5, 0.6) is 0 Å². The number of nitrogens with two attached hydrogens (primary N) is 1. The van der Waals surface area contributed by atoms with Crippen LogP contribution in [0.1, 0.15) is 5.56 Å². The molecule has 1 aliphatic rings. The van der Waals surface area contributed by atoms with Crippen molar-refractivity contribution in [3.05, 3.63) is 23.8 Å². The molecular weight excluding hydrogens is 259 g/mol. The maximum absolute atomic E-state index is 12.0. The summed E-state index contributed by atoms with van der Waals surface area (Å²) in [7, 11) is 0.